The molecule has 2 aromatic rings. The zero-order valence-corrected chi connectivity index (χ0v) is 22.8. The zero-order valence-electron chi connectivity index (χ0n) is 21.3. The van der Waals surface area contributed by atoms with Crippen LogP contribution >= 0.6 is 23.2 Å². The molecule has 198 valence electrons. The van der Waals surface area contributed by atoms with E-state index in [0.29, 0.717) is 35.5 Å². The number of benzene rings is 2. The molecule has 37 heavy (non-hydrogen) atoms. The number of hydrogen-bond donors (Lipinski definition) is 4. The second kappa shape index (κ2) is 8.94. The van der Waals surface area contributed by atoms with Crippen molar-refractivity contribution in [2.45, 2.75) is 82.0 Å². The van der Waals surface area contributed by atoms with Crippen molar-refractivity contribution in [2.24, 2.45) is 5.41 Å². The number of fused-ring (bicyclic) bond motifs is 2. The molecule has 1 saturated heterocycles. The molecule has 4 N–H and O–H groups in total. The molecule has 1 aliphatic carbocycles. The fourth-order valence-corrected chi connectivity index (χ4v) is 6.90. The van der Waals surface area contributed by atoms with Gasteiger partial charge in [-0.2, -0.15) is 0 Å². The Kier molecular flexibility index (Phi) is 6.38. The third-order valence-corrected chi connectivity index (χ3v) is 8.47. The lowest BCUT2D eigenvalue weighted by atomic mass is 9.62. The fraction of sp³-hybridized carbons (Fsp3) is 0.500. The number of carbonyl (C=O) groups excluding carboxylic acids is 2. The van der Waals surface area contributed by atoms with E-state index in [1.54, 1.807) is 37.3 Å². The SMILES string of the molecule is CC(C)(C)C[C@H]1NC(C(=O)NC2CC(C)(O)C2)[C@H](c2cccc(Cl)c2F)[C@@]12C(=O)Nc1cc(Cl)ccc12. The van der Waals surface area contributed by atoms with E-state index in [0.717, 1.165) is 0 Å². The van der Waals surface area contributed by atoms with Crippen LogP contribution in [0.4, 0.5) is 10.1 Å². The quantitative estimate of drug-likeness (QED) is 0.437. The first-order valence-electron chi connectivity index (χ1n) is 12.6. The first kappa shape index (κ1) is 26.4. The highest BCUT2D eigenvalue weighted by Crippen LogP contribution is 2.57. The fourth-order valence-electron chi connectivity index (χ4n) is 6.55. The summed E-state index contributed by atoms with van der Waals surface area (Å²) in [5.41, 5.74) is -0.882. The zero-order chi connectivity index (χ0) is 26.9. The number of amides is 2. The van der Waals surface area contributed by atoms with Gasteiger partial charge in [0, 0.05) is 28.7 Å². The van der Waals surface area contributed by atoms with Crippen molar-refractivity contribution in [1.82, 2.24) is 10.6 Å². The van der Waals surface area contributed by atoms with Gasteiger partial charge in [0.05, 0.1) is 16.7 Å². The van der Waals surface area contributed by atoms with Gasteiger partial charge in [-0.25, -0.2) is 4.39 Å². The summed E-state index contributed by atoms with van der Waals surface area (Å²) in [5, 5.41) is 20.0. The van der Waals surface area contributed by atoms with E-state index in [4.69, 9.17) is 23.2 Å². The average molecular weight is 548 g/mol. The number of aliphatic hydroxyl groups is 1. The summed E-state index contributed by atoms with van der Waals surface area (Å²) in [4.78, 5) is 27.9. The van der Waals surface area contributed by atoms with Gasteiger partial charge in [0.1, 0.15) is 11.2 Å². The van der Waals surface area contributed by atoms with Crippen molar-refractivity contribution >= 4 is 40.7 Å². The lowest BCUT2D eigenvalue weighted by Gasteiger charge is -2.42. The molecule has 1 spiro atoms. The Hall–Kier alpha value is -2.19. The number of carbonyl (C=O) groups is 2. The third-order valence-electron chi connectivity index (χ3n) is 7.94. The monoisotopic (exact) mass is 547 g/mol. The summed E-state index contributed by atoms with van der Waals surface area (Å²) in [5.74, 6) is -2.18. The molecule has 0 bridgehead atoms. The number of hydrogen-bond acceptors (Lipinski definition) is 4. The molecule has 0 aromatic heterocycles. The van der Waals surface area contributed by atoms with E-state index >= 15 is 4.39 Å². The maximum absolute atomic E-state index is 15.7. The summed E-state index contributed by atoms with van der Waals surface area (Å²) in [6.45, 7) is 7.93. The summed E-state index contributed by atoms with van der Waals surface area (Å²) < 4.78 is 15.7. The van der Waals surface area contributed by atoms with Crippen LogP contribution in [0.1, 0.15) is 64.0 Å². The van der Waals surface area contributed by atoms with E-state index in [-0.39, 0.29) is 33.9 Å². The number of nitrogens with one attached hydrogen (secondary N) is 3. The first-order valence-corrected chi connectivity index (χ1v) is 13.3. The van der Waals surface area contributed by atoms with Crippen LogP contribution in [0.3, 0.4) is 0 Å². The van der Waals surface area contributed by atoms with Crippen molar-refractivity contribution in [2.75, 3.05) is 5.32 Å². The molecule has 4 atom stereocenters. The van der Waals surface area contributed by atoms with E-state index in [1.165, 1.54) is 6.07 Å². The molecule has 2 aromatic carbocycles. The molecule has 0 radical (unpaired) electrons. The van der Waals surface area contributed by atoms with E-state index in [2.05, 4.69) is 36.7 Å². The Morgan fingerprint density at radius 3 is 2.57 bits per heavy atom. The number of halogens is 3. The van der Waals surface area contributed by atoms with Gasteiger partial charge in [-0.3, -0.25) is 9.59 Å². The van der Waals surface area contributed by atoms with Crippen LogP contribution in [0.25, 0.3) is 0 Å². The van der Waals surface area contributed by atoms with Crippen molar-refractivity contribution < 1.29 is 19.1 Å². The van der Waals surface area contributed by atoms with Gasteiger partial charge in [-0.1, -0.05) is 62.2 Å². The van der Waals surface area contributed by atoms with Gasteiger partial charge in [0.25, 0.3) is 0 Å². The molecule has 3 aliphatic rings. The van der Waals surface area contributed by atoms with Crippen molar-refractivity contribution in [3.05, 3.63) is 63.4 Å². The summed E-state index contributed by atoms with van der Waals surface area (Å²) in [6.07, 6.45) is 1.41. The number of rotatable bonds is 4. The molecule has 2 amide bonds. The summed E-state index contributed by atoms with van der Waals surface area (Å²) >= 11 is 12.5. The van der Waals surface area contributed by atoms with Gasteiger partial charge in [-0.15, -0.1) is 0 Å². The Balaban J connectivity index is 1.69. The molecule has 5 rings (SSSR count). The minimum absolute atomic E-state index is 0.0733. The van der Waals surface area contributed by atoms with Gasteiger partial charge in [-0.05, 0) is 60.9 Å². The first-order chi connectivity index (χ1) is 17.2. The van der Waals surface area contributed by atoms with Crippen molar-refractivity contribution in [1.29, 1.82) is 0 Å². The van der Waals surface area contributed by atoms with E-state index < -0.39 is 34.8 Å². The molecule has 1 unspecified atom stereocenters. The second-order valence-corrected chi connectivity index (χ2v) is 13.0. The number of anilines is 1. The Morgan fingerprint density at radius 2 is 1.92 bits per heavy atom. The molecule has 1 saturated carbocycles. The summed E-state index contributed by atoms with van der Waals surface area (Å²) in [6, 6.07) is 8.29. The maximum atomic E-state index is 15.7. The highest BCUT2D eigenvalue weighted by Gasteiger charge is 2.66. The minimum atomic E-state index is -1.29. The predicted octanol–water partition coefficient (Wildman–Crippen LogP) is 4.91. The van der Waals surface area contributed by atoms with Crippen LogP contribution in [0.15, 0.2) is 36.4 Å². The molecule has 2 fully saturated rings. The third kappa shape index (κ3) is 4.44. The van der Waals surface area contributed by atoms with E-state index in [1.807, 2.05) is 0 Å². The minimum Gasteiger partial charge on any atom is -0.390 e. The van der Waals surface area contributed by atoms with Crippen LogP contribution in [0.5, 0.6) is 0 Å². The average Bonchev–Trinajstić information content (AvgIpc) is 3.23. The topological polar surface area (TPSA) is 90.5 Å². The second-order valence-electron chi connectivity index (χ2n) is 12.2. The lowest BCUT2D eigenvalue weighted by Crippen LogP contribution is -2.57. The normalized spacial score (nSPS) is 32.7. The van der Waals surface area contributed by atoms with Gasteiger partial charge >= 0.3 is 0 Å². The highest BCUT2D eigenvalue weighted by atomic mass is 35.5. The molecule has 2 heterocycles. The molecule has 6 nitrogen and oxygen atoms in total. The Bertz CT molecular complexity index is 1270. The Labute approximate surface area is 226 Å². The van der Waals surface area contributed by atoms with Crippen molar-refractivity contribution in [3.63, 3.8) is 0 Å². The lowest BCUT2D eigenvalue weighted by molar-refractivity contribution is -0.127. The maximum Gasteiger partial charge on any atom is 0.238 e. The van der Waals surface area contributed by atoms with Crippen molar-refractivity contribution in [3.8, 4) is 0 Å². The van der Waals surface area contributed by atoms with Crippen LogP contribution < -0.4 is 16.0 Å². The predicted molar refractivity (Wildman–Crippen MR) is 142 cm³/mol. The molecular weight excluding hydrogens is 516 g/mol. The molecule has 2 aliphatic heterocycles. The molecular formula is C28H32Cl2FN3O3. The highest BCUT2D eigenvalue weighted by molar-refractivity contribution is 6.31. The largest absolute Gasteiger partial charge is 0.390 e. The van der Waals surface area contributed by atoms with Crippen LogP contribution in [-0.2, 0) is 15.0 Å². The molecule has 9 heteroatoms. The van der Waals surface area contributed by atoms with Crippen LogP contribution in [0, 0.1) is 11.2 Å². The standard InChI is InChI=1S/C28H32Cl2FN3O3/c1-26(2,3)13-20-28(17-9-8-14(29)10-19(17)33-25(28)36)21(16-6-5-7-18(30)22(16)31)23(34-20)24(35)32-15-11-27(4,37)12-15/h5-10,15,20-21,23,34,37H,11-13H2,1-4H3,(H,32,35)(H,33,36)/t15?,20-,21+,23?,27?,28+/m1/s1. The van der Waals surface area contributed by atoms with Crippen LogP contribution in [0.2, 0.25) is 10.0 Å². The summed E-state index contributed by atoms with van der Waals surface area (Å²) in [7, 11) is 0. The van der Waals surface area contributed by atoms with Gasteiger partial charge in [0.15, 0.2) is 0 Å². The smallest absolute Gasteiger partial charge is 0.238 e. The van der Waals surface area contributed by atoms with Crippen LogP contribution in [-0.4, -0.2) is 40.6 Å². The van der Waals surface area contributed by atoms with Gasteiger partial charge < -0.3 is 21.1 Å². The Morgan fingerprint density at radius 1 is 1.22 bits per heavy atom. The van der Waals surface area contributed by atoms with Gasteiger partial charge in [0.2, 0.25) is 11.8 Å². The van der Waals surface area contributed by atoms with E-state index in [9.17, 15) is 14.7 Å².